The summed E-state index contributed by atoms with van der Waals surface area (Å²) < 4.78 is 10.9. The van der Waals surface area contributed by atoms with Crippen LogP contribution in [0.4, 0.5) is 0 Å². The van der Waals surface area contributed by atoms with E-state index in [1.165, 1.54) is 0 Å². The summed E-state index contributed by atoms with van der Waals surface area (Å²) in [4.78, 5) is 6.60. The van der Waals surface area contributed by atoms with Crippen LogP contribution in [0.2, 0.25) is 0 Å². The lowest BCUT2D eigenvalue weighted by molar-refractivity contribution is 0.00572. The molecule has 0 saturated carbocycles. The van der Waals surface area contributed by atoms with Crippen LogP contribution in [-0.2, 0) is 11.3 Å². The molecule has 1 aromatic heterocycles. The second kappa shape index (κ2) is 8.37. The molecule has 1 aliphatic rings. The van der Waals surface area contributed by atoms with E-state index < -0.39 is 6.10 Å². The van der Waals surface area contributed by atoms with Crippen molar-refractivity contribution in [2.24, 2.45) is 0 Å². The van der Waals surface area contributed by atoms with Gasteiger partial charge in [-0.15, -0.1) is 0 Å². The van der Waals surface area contributed by atoms with Gasteiger partial charge in [0, 0.05) is 12.5 Å². The Morgan fingerprint density at radius 3 is 2.71 bits per heavy atom. The lowest BCUT2D eigenvalue weighted by Gasteiger charge is -2.31. The quantitative estimate of drug-likeness (QED) is 0.838. The summed E-state index contributed by atoms with van der Waals surface area (Å²) in [6.45, 7) is 5.25. The first kappa shape index (κ1) is 17.1. The Morgan fingerprint density at radius 2 is 2.04 bits per heavy atom. The van der Waals surface area contributed by atoms with Gasteiger partial charge in [-0.2, -0.15) is 4.98 Å². The Balaban J connectivity index is 1.35. The van der Waals surface area contributed by atoms with Crippen LogP contribution in [0.25, 0.3) is 0 Å². The lowest BCUT2D eigenvalue weighted by atomic mass is 9.96. The minimum Gasteiger partial charge on any atom is -0.389 e. The van der Waals surface area contributed by atoms with Gasteiger partial charge in [0.15, 0.2) is 5.82 Å². The SMILES string of the molecule is Cc1noc(C2CCN(CC(O)COCc3ccccc3)CC2)n1. The summed E-state index contributed by atoms with van der Waals surface area (Å²) in [5.41, 5.74) is 1.13. The van der Waals surface area contributed by atoms with E-state index in [-0.39, 0.29) is 0 Å². The van der Waals surface area contributed by atoms with Crippen molar-refractivity contribution >= 4 is 0 Å². The fourth-order valence-electron chi connectivity index (χ4n) is 3.08. The van der Waals surface area contributed by atoms with E-state index >= 15 is 0 Å². The van der Waals surface area contributed by atoms with Crippen LogP contribution >= 0.6 is 0 Å². The zero-order valence-electron chi connectivity index (χ0n) is 14.1. The highest BCUT2D eigenvalue weighted by molar-refractivity contribution is 5.13. The first-order valence-electron chi connectivity index (χ1n) is 8.53. The molecule has 0 spiro atoms. The van der Waals surface area contributed by atoms with Gasteiger partial charge in [-0.1, -0.05) is 35.5 Å². The van der Waals surface area contributed by atoms with E-state index in [4.69, 9.17) is 9.26 Å². The molecule has 2 heterocycles. The van der Waals surface area contributed by atoms with Gasteiger partial charge in [-0.3, -0.25) is 0 Å². The van der Waals surface area contributed by atoms with E-state index in [1.807, 2.05) is 37.3 Å². The smallest absolute Gasteiger partial charge is 0.229 e. The fraction of sp³-hybridized carbons (Fsp3) is 0.556. The van der Waals surface area contributed by atoms with Crippen molar-refractivity contribution in [2.45, 2.75) is 38.4 Å². The number of piperidine rings is 1. The summed E-state index contributed by atoms with van der Waals surface area (Å²) in [5.74, 6) is 1.78. The largest absolute Gasteiger partial charge is 0.389 e. The summed E-state index contributed by atoms with van der Waals surface area (Å²) in [6.07, 6.45) is 1.51. The number of aliphatic hydroxyl groups excluding tert-OH is 1. The molecule has 1 atom stereocenters. The zero-order chi connectivity index (χ0) is 16.8. The average Bonchev–Trinajstić information content (AvgIpc) is 3.03. The van der Waals surface area contributed by atoms with E-state index in [0.717, 1.165) is 37.4 Å². The van der Waals surface area contributed by atoms with Crippen molar-refractivity contribution in [2.75, 3.05) is 26.2 Å². The molecule has 130 valence electrons. The molecular weight excluding hydrogens is 306 g/mol. The minimum absolute atomic E-state index is 0.342. The molecule has 0 bridgehead atoms. The number of aryl methyl sites for hydroxylation is 1. The van der Waals surface area contributed by atoms with Crippen LogP contribution in [-0.4, -0.2) is 52.5 Å². The van der Waals surface area contributed by atoms with Gasteiger partial charge >= 0.3 is 0 Å². The summed E-state index contributed by atoms with van der Waals surface area (Å²) in [5, 5.41) is 14.0. The maximum absolute atomic E-state index is 10.2. The molecule has 1 N–H and O–H groups in total. The van der Waals surface area contributed by atoms with Crippen LogP contribution < -0.4 is 0 Å². The minimum atomic E-state index is -0.462. The summed E-state index contributed by atoms with van der Waals surface area (Å²) in [7, 11) is 0. The number of aliphatic hydroxyl groups is 1. The Bertz CT molecular complexity index is 609. The van der Waals surface area contributed by atoms with Crippen molar-refractivity contribution in [1.29, 1.82) is 0 Å². The lowest BCUT2D eigenvalue weighted by Crippen LogP contribution is -2.39. The Hall–Kier alpha value is -1.76. The van der Waals surface area contributed by atoms with Gasteiger partial charge in [-0.25, -0.2) is 0 Å². The van der Waals surface area contributed by atoms with Crippen molar-refractivity contribution < 1.29 is 14.4 Å². The van der Waals surface area contributed by atoms with Crippen molar-refractivity contribution in [1.82, 2.24) is 15.0 Å². The second-order valence-electron chi connectivity index (χ2n) is 6.41. The Morgan fingerprint density at radius 1 is 1.29 bits per heavy atom. The molecule has 2 aromatic rings. The first-order chi connectivity index (χ1) is 11.7. The number of hydrogen-bond donors (Lipinski definition) is 1. The number of likely N-dealkylation sites (tertiary alicyclic amines) is 1. The molecule has 3 rings (SSSR count). The molecule has 1 fully saturated rings. The third kappa shape index (κ3) is 4.87. The number of hydrogen-bond acceptors (Lipinski definition) is 6. The van der Waals surface area contributed by atoms with E-state index in [0.29, 0.717) is 31.5 Å². The van der Waals surface area contributed by atoms with Gasteiger partial charge in [0.05, 0.1) is 19.3 Å². The van der Waals surface area contributed by atoms with Crippen molar-refractivity contribution in [3.05, 3.63) is 47.6 Å². The standard InChI is InChI=1S/C18H25N3O3/c1-14-19-18(24-20-14)16-7-9-21(10-8-16)11-17(22)13-23-12-15-5-3-2-4-6-15/h2-6,16-17,22H,7-13H2,1H3. The van der Waals surface area contributed by atoms with Gasteiger partial charge in [0.1, 0.15) is 0 Å². The predicted molar refractivity (Wildman–Crippen MR) is 89.6 cm³/mol. The molecule has 6 nitrogen and oxygen atoms in total. The van der Waals surface area contributed by atoms with Gasteiger partial charge in [0.2, 0.25) is 5.89 Å². The molecule has 0 amide bonds. The summed E-state index contributed by atoms with van der Waals surface area (Å²) >= 11 is 0. The third-order valence-electron chi connectivity index (χ3n) is 4.37. The molecular formula is C18H25N3O3. The topological polar surface area (TPSA) is 71.6 Å². The number of aromatic nitrogens is 2. The molecule has 1 aromatic carbocycles. The maximum Gasteiger partial charge on any atom is 0.229 e. The molecule has 0 aliphatic carbocycles. The highest BCUT2D eigenvalue weighted by Crippen LogP contribution is 2.26. The second-order valence-corrected chi connectivity index (χ2v) is 6.41. The van der Waals surface area contributed by atoms with E-state index in [2.05, 4.69) is 15.0 Å². The normalized spacial score (nSPS) is 17.9. The fourth-order valence-corrected chi connectivity index (χ4v) is 3.08. The molecule has 1 saturated heterocycles. The number of rotatable bonds is 7. The van der Waals surface area contributed by atoms with Crippen LogP contribution in [0.1, 0.15) is 36.0 Å². The molecule has 24 heavy (non-hydrogen) atoms. The third-order valence-corrected chi connectivity index (χ3v) is 4.37. The highest BCUT2D eigenvalue weighted by Gasteiger charge is 2.25. The van der Waals surface area contributed by atoms with Crippen LogP contribution in [0.5, 0.6) is 0 Å². The van der Waals surface area contributed by atoms with Crippen molar-refractivity contribution in [3.63, 3.8) is 0 Å². The molecule has 1 aliphatic heterocycles. The number of nitrogens with zero attached hydrogens (tertiary/aromatic N) is 3. The number of ether oxygens (including phenoxy) is 1. The Kier molecular flexibility index (Phi) is 5.96. The maximum atomic E-state index is 10.2. The predicted octanol–water partition coefficient (Wildman–Crippen LogP) is 2.14. The Labute approximate surface area is 142 Å². The van der Waals surface area contributed by atoms with E-state index in [1.54, 1.807) is 0 Å². The van der Waals surface area contributed by atoms with E-state index in [9.17, 15) is 5.11 Å². The summed E-state index contributed by atoms with van der Waals surface area (Å²) in [6, 6.07) is 10.0. The van der Waals surface area contributed by atoms with Crippen LogP contribution in [0.15, 0.2) is 34.9 Å². The van der Waals surface area contributed by atoms with Crippen molar-refractivity contribution in [3.8, 4) is 0 Å². The number of β-amino-alcohol motifs (C(OH)–C–C–N with tert-alkyl or cyclic N) is 1. The van der Waals surface area contributed by atoms with Gasteiger partial charge in [-0.05, 0) is 38.4 Å². The molecule has 0 radical (unpaired) electrons. The van der Waals surface area contributed by atoms with Gasteiger partial charge in [0.25, 0.3) is 0 Å². The van der Waals surface area contributed by atoms with Crippen LogP contribution in [0, 0.1) is 6.92 Å². The van der Waals surface area contributed by atoms with Crippen LogP contribution in [0.3, 0.4) is 0 Å². The molecule has 1 unspecified atom stereocenters. The van der Waals surface area contributed by atoms with Gasteiger partial charge < -0.3 is 19.3 Å². The number of benzene rings is 1. The molecule has 6 heteroatoms. The average molecular weight is 331 g/mol. The zero-order valence-corrected chi connectivity index (χ0v) is 14.1. The highest BCUT2D eigenvalue weighted by atomic mass is 16.5. The first-order valence-corrected chi connectivity index (χ1v) is 8.53. The monoisotopic (exact) mass is 331 g/mol.